The van der Waals surface area contributed by atoms with Crippen molar-refractivity contribution in [3.63, 3.8) is 0 Å². The number of hydrogen-bond donors (Lipinski definition) is 2. The minimum absolute atomic E-state index is 0.294. The molecule has 1 aliphatic rings. The van der Waals surface area contributed by atoms with Crippen molar-refractivity contribution in [3.8, 4) is 0 Å². The molecule has 16 heavy (non-hydrogen) atoms. The van der Waals surface area contributed by atoms with E-state index in [1.807, 2.05) is 0 Å². The van der Waals surface area contributed by atoms with Crippen molar-refractivity contribution in [2.24, 2.45) is 5.84 Å². The third-order valence-corrected chi connectivity index (χ3v) is 3.36. The lowest BCUT2D eigenvalue weighted by Gasteiger charge is -2.34. The Balaban J connectivity index is 2.67. The number of hydrazine groups is 1. The zero-order valence-electron chi connectivity index (χ0n) is 10.9. The van der Waals surface area contributed by atoms with E-state index in [0.717, 1.165) is 19.5 Å². The van der Waals surface area contributed by atoms with Crippen molar-refractivity contribution in [3.05, 3.63) is 12.2 Å². The van der Waals surface area contributed by atoms with Crippen molar-refractivity contribution in [1.82, 2.24) is 15.2 Å². The van der Waals surface area contributed by atoms with Crippen molar-refractivity contribution in [2.75, 3.05) is 33.7 Å². The van der Waals surface area contributed by atoms with Crippen molar-refractivity contribution in [1.29, 1.82) is 0 Å². The van der Waals surface area contributed by atoms with Crippen LogP contribution in [0.1, 0.15) is 19.8 Å². The summed E-state index contributed by atoms with van der Waals surface area (Å²) >= 11 is 0. The maximum Gasteiger partial charge on any atom is 0.0415 e. The quantitative estimate of drug-likeness (QED) is 0.414. The predicted molar refractivity (Wildman–Crippen MR) is 69.1 cm³/mol. The molecular weight excluding hydrogens is 200 g/mol. The van der Waals surface area contributed by atoms with Crippen LogP contribution >= 0.6 is 0 Å². The Morgan fingerprint density at radius 2 is 2.19 bits per heavy atom. The summed E-state index contributed by atoms with van der Waals surface area (Å²) in [6, 6.07) is 0.761. The monoisotopic (exact) mass is 226 g/mol. The summed E-state index contributed by atoms with van der Waals surface area (Å²) in [5.74, 6) is 5.67. The molecule has 1 saturated heterocycles. The SMILES string of the molecule is C=C(C)CC(NN)C1CN(C)CCCN1C. The summed E-state index contributed by atoms with van der Waals surface area (Å²) < 4.78 is 0. The highest BCUT2D eigenvalue weighted by molar-refractivity contribution is 4.98. The molecule has 4 heteroatoms. The third-order valence-electron chi connectivity index (χ3n) is 3.36. The van der Waals surface area contributed by atoms with Gasteiger partial charge in [0.05, 0.1) is 0 Å². The zero-order valence-corrected chi connectivity index (χ0v) is 10.9. The topological polar surface area (TPSA) is 44.5 Å². The number of nitrogens with two attached hydrogens (primary N) is 1. The van der Waals surface area contributed by atoms with Gasteiger partial charge in [-0.15, -0.1) is 6.58 Å². The van der Waals surface area contributed by atoms with Gasteiger partial charge in [-0.2, -0.15) is 0 Å². The molecule has 1 fully saturated rings. The summed E-state index contributed by atoms with van der Waals surface area (Å²) in [5.41, 5.74) is 4.14. The summed E-state index contributed by atoms with van der Waals surface area (Å²) in [5, 5.41) is 0. The van der Waals surface area contributed by atoms with Gasteiger partial charge in [-0.1, -0.05) is 5.57 Å². The van der Waals surface area contributed by atoms with E-state index in [0.29, 0.717) is 12.1 Å². The first kappa shape index (κ1) is 13.6. The van der Waals surface area contributed by atoms with Crippen LogP contribution in [-0.4, -0.2) is 55.6 Å². The molecule has 0 aromatic carbocycles. The van der Waals surface area contributed by atoms with E-state index in [9.17, 15) is 0 Å². The normalized spacial score (nSPS) is 26.4. The number of likely N-dealkylation sites (N-methyl/N-ethyl adjacent to an activating group) is 2. The van der Waals surface area contributed by atoms with E-state index >= 15 is 0 Å². The van der Waals surface area contributed by atoms with Crippen LogP contribution < -0.4 is 11.3 Å². The van der Waals surface area contributed by atoms with Crippen LogP contribution in [-0.2, 0) is 0 Å². The molecular formula is C12H26N4. The molecule has 1 rings (SSSR count). The fourth-order valence-corrected chi connectivity index (χ4v) is 2.42. The molecule has 0 amide bonds. The van der Waals surface area contributed by atoms with E-state index in [4.69, 9.17) is 5.84 Å². The number of hydrogen-bond acceptors (Lipinski definition) is 4. The molecule has 3 N–H and O–H groups in total. The molecule has 0 spiro atoms. The molecule has 1 aliphatic heterocycles. The van der Waals surface area contributed by atoms with E-state index in [1.54, 1.807) is 0 Å². The first-order chi connectivity index (χ1) is 7.54. The molecule has 94 valence electrons. The van der Waals surface area contributed by atoms with Crippen LogP contribution in [0, 0.1) is 0 Å². The molecule has 0 bridgehead atoms. The Bertz CT molecular complexity index is 229. The first-order valence-corrected chi connectivity index (χ1v) is 6.04. The number of nitrogens with zero attached hydrogens (tertiary/aromatic N) is 2. The fourth-order valence-electron chi connectivity index (χ4n) is 2.42. The van der Waals surface area contributed by atoms with Crippen molar-refractivity contribution < 1.29 is 0 Å². The molecule has 0 aromatic rings. The van der Waals surface area contributed by atoms with Crippen LogP contribution in [0.2, 0.25) is 0 Å². The van der Waals surface area contributed by atoms with Gasteiger partial charge in [0, 0.05) is 18.6 Å². The number of rotatable bonds is 4. The van der Waals surface area contributed by atoms with Gasteiger partial charge >= 0.3 is 0 Å². The molecule has 1 heterocycles. The van der Waals surface area contributed by atoms with Crippen LogP contribution in [0.25, 0.3) is 0 Å². The van der Waals surface area contributed by atoms with Crippen molar-refractivity contribution >= 4 is 0 Å². The zero-order chi connectivity index (χ0) is 12.1. The smallest absolute Gasteiger partial charge is 0.0415 e. The second-order valence-corrected chi connectivity index (χ2v) is 5.10. The molecule has 4 nitrogen and oxygen atoms in total. The lowest BCUT2D eigenvalue weighted by atomic mass is 10.0. The number of nitrogens with one attached hydrogen (secondary N) is 1. The van der Waals surface area contributed by atoms with Gasteiger partial charge < -0.3 is 9.80 Å². The Labute approximate surface area is 99.4 Å². The van der Waals surface area contributed by atoms with Crippen LogP contribution in [0.4, 0.5) is 0 Å². The maximum atomic E-state index is 5.67. The second kappa shape index (κ2) is 6.35. The standard InChI is InChI=1S/C12H26N4/c1-10(2)8-11(14-13)12-9-15(3)6-5-7-16(12)4/h11-12,14H,1,5-9,13H2,2-4H3. The van der Waals surface area contributed by atoms with Gasteiger partial charge in [0.15, 0.2) is 0 Å². The fraction of sp³-hybridized carbons (Fsp3) is 0.833. The Kier molecular flexibility index (Phi) is 5.41. The second-order valence-electron chi connectivity index (χ2n) is 5.10. The van der Waals surface area contributed by atoms with Gasteiger partial charge in [0.25, 0.3) is 0 Å². The minimum atomic E-state index is 0.294. The Morgan fingerprint density at radius 1 is 1.50 bits per heavy atom. The highest BCUT2D eigenvalue weighted by Crippen LogP contribution is 2.14. The first-order valence-electron chi connectivity index (χ1n) is 6.04. The van der Waals surface area contributed by atoms with Crippen molar-refractivity contribution in [2.45, 2.75) is 31.8 Å². The third kappa shape index (κ3) is 3.87. The van der Waals surface area contributed by atoms with Crippen LogP contribution in [0.15, 0.2) is 12.2 Å². The van der Waals surface area contributed by atoms with Crippen LogP contribution in [0.5, 0.6) is 0 Å². The highest BCUT2D eigenvalue weighted by atomic mass is 15.3. The van der Waals surface area contributed by atoms with E-state index in [1.165, 1.54) is 18.5 Å². The summed E-state index contributed by atoms with van der Waals surface area (Å²) in [7, 11) is 4.37. The van der Waals surface area contributed by atoms with E-state index in [2.05, 4.69) is 42.8 Å². The maximum absolute atomic E-state index is 5.67. The van der Waals surface area contributed by atoms with Crippen LogP contribution in [0.3, 0.4) is 0 Å². The van der Waals surface area contributed by atoms with E-state index in [-0.39, 0.29) is 0 Å². The average Bonchev–Trinajstić information content (AvgIpc) is 2.37. The molecule has 0 aliphatic carbocycles. The summed E-state index contributed by atoms with van der Waals surface area (Å²) in [6.07, 6.45) is 2.17. The average molecular weight is 226 g/mol. The Morgan fingerprint density at radius 3 is 2.75 bits per heavy atom. The van der Waals surface area contributed by atoms with Gasteiger partial charge in [-0.25, -0.2) is 0 Å². The van der Waals surface area contributed by atoms with E-state index < -0.39 is 0 Å². The van der Waals surface area contributed by atoms with Gasteiger partial charge in [-0.3, -0.25) is 11.3 Å². The largest absolute Gasteiger partial charge is 0.305 e. The highest BCUT2D eigenvalue weighted by Gasteiger charge is 2.27. The summed E-state index contributed by atoms with van der Waals surface area (Å²) in [6.45, 7) is 9.42. The lowest BCUT2D eigenvalue weighted by Crippen LogP contribution is -2.54. The Hall–Kier alpha value is -0.420. The predicted octanol–water partition coefficient (Wildman–Crippen LogP) is 0.420. The lowest BCUT2D eigenvalue weighted by molar-refractivity contribution is 0.177. The van der Waals surface area contributed by atoms with Gasteiger partial charge in [0.2, 0.25) is 0 Å². The molecule has 0 saturated carbocycles. The minimum Gasteiger partial charge on any atom is -0.305 e. The molecule has 2 unspecified atom stereocenters. The molecule has 0 aromatic heterocycles. The molecule has 2 atom stereocenters. The summed E-state index contributed by atoms with van der Waals surface area (Å²) in [4.78, 5) is 4.80. The van der Waals surface area contributed by atoms with Gasteiger partial charge in [-0.05, 0) is 47.0 Å². The molecule has 0 radical (unpaired) electrons. The van der Waals surface area contributed by atoms with Gasteiger partial charge in [0.1, 0.15) is 0 Å².